The fourth-order valence-electron chi connectivity index (χ4n) is 1.44. The molecule has 1 aromatic carbocycles. The monoisotopic (exact) mass is 263 g/mol. The summed E-state index contributed by atoms with van der Waals surface area (Å²) in [6.45, 7) is 0.0473. The van der Waals surface area contributed by atoms with Gasteiger partial charge in [-0.05, 0) is 12.1 Å². The van der Waals surface area contributed by atoms with Crippen LogP contribution in [0.5, 0.6) is 5.75 Å². The average Bonchev–Trinajstić information content (AvgIpc) is 2.88. The predicted octanol–water partition coefficient (Wildman–Crippen LogP) is 0.348. The van der Waals surface area contributed by atoms with Gasteiger partial charge in [-0.3, -0.25) is 20.0 Å². The van der Waals surface area contributed by atoms with Gasteiger partial charge >= 0.3 is 0 Å². The molecule has 0 aliphatic carbocycles. The van der Waals surface area contributed by atoms with E-state index in [0.29, 0.717) is 5.82 Å². The molecule has 9 nitrogen and oxygen atoms in total. The zero-order valence-electron chi connectivity index (χ0n) is 9.53. The molecule has 0 saturated heterocycles. The number of amides is 1. The van der Waals surface area contributed by atoms with Crippen LogP contribution < -0.4 is 5.32 Å². The molecule has 0 spiro atoms. The highest BCUT2D eigenvalue weighted by atomic mass is 16.6. The van der Waals surface area contributed by atoms with Crippen molar-refractivity contribution < 1.29 is 14.8 Å². The molecule has 1 heterocycles. The number of phenols is 1. The van der Waals surface area contributed by atoms with Gasteiger partial charge in [-0.2, -0.15) is 5.10 Å². The van der Waals surface area contributed by atoms with Gasteiger partial charge in [0.1, 0.15) is 23.5 Å². The Labute approximate surface area is 106 Å². The summed E-state index contributed by atoms with van der Waals surface area (Å²) < 4.78 is 0. The van der Waals surface area contributed by atoms with E-state index in [1.807, 2.05) is 0 Å². The van der Waals surface area contributed by atoms with E-state index in [0.717, 1.165) is 18.2 Å². The number of benzene rings is 1. The number of rotatable bonds is 4. The summed E-state index contributed by atoms with van der Waals surface area (Å²) in [5, 5.41) is 28.6. The number of nitrogens with one attached hydrogen (secondary N) is 2. The predicted molar refractivity (Wildman–Crippen MR) is 62.3 cm³/mol. The lowest BCUT2D eigenvalue weighted by molar-refractivity contribution is -0.385. The topological polar surface area (TPSA) is 134 Å². The molecular weight excluding hydrogens is 254 g/mol. The number of carbonyl (C=O) groups is 1. The summed E-state index contributed by atoms with van der Waals surface area (Å²) in [5.41, 5.74) is -0.600. The molecule has 19 heavy (non-hydrogen) atoms. The minimum Gasteiger partial charge on any atom is -0.508 e. The number of nitrogens with zero attached hydrogens (tertiary/aromatic N) is 3. The number of phenolic OH excluding ortho intramolecular Hbond substituents is 1. The van der Waals surface area contributed by atoms with E-state index in [1.54, 1.807) is 0 Å². The van der Waals surface area contributed by atoms with E-state index < -0.39 is 10.8 Å². The molecular formula is C10H9N5O4. The fourth-order valence-corrected chi connectivity index (χ4v) is 1.44. The van der Waals surface area contributed by atoms with E-state index in [9.17, 15) is 20.0 Å². The van der Waals surface area contributed by atoms with Crippen LogP contribution in [0.3, 0.4) is 0 Å². The molecule has 2 aromatic rings. The maximum atomic E-state index is 11.8. The Morgan fingerprint density at radius 2 is 2.32 bits per heavy atom. The number of hydrogen-bond donors (Lipinski definition) is 3. The van der Waals surface area contributed by atoms with Crippen molar-refractivity contribution in [3.63, 3.8) is 0 Å². The molecule has 0 atom stereocenters. The Morgan fingerprint density at radius 1 is 1.53 bits per heavy atom. The first kappa shape index (κ1) is 12.5. The highest BCUT2D eigenvalue weighted by Gasteiger charge is 2.20. The van der Waals surface area contributed by atoms with Gasteiger partial charge in [-0.15, -0.1) is 0 Å². The van der Waals surface area contributed by atoms with Gasteiger partial charge in [0.25, 0.3) is 11.6 Å². The first-order chi connectivity index (χ1) is 9.08. The minimum atomic E-state index is -0.692. The van der Waals surface area contributed by atoms with Crippen LogP contribution in [-0.4, -0.2) is 31.1 Å². The van der Waals surface area contributed by atoms with Gasteiger partial charge in [-0.25, -0.2) is 4.98 Å². The number of carbonyl (C=O) groups excluding carboxylic acids is 1. The molecule has 0 bridgehead atoms. The molecule has 2 rings (SSSR count). The highest BCUT2D eigenvalue weighted by molar-refractivity contribution is 5.98. The average molecular weight is 263 g/mol. The molecule has 1 amide bonds. The van der Waals surface area contributed by atoms with Crippen molar-refractivity contribution in [1.82, 2.24) is 20.5 Å². The second-order valence-corrected chi connectivity index (χ2v) is 3.57. The Morgan fingerprint density at radius 3 is 2.95 bits per heavy atom. The summed E-state index contributed by atoms with van der Waals surface area (Å²) in [6.07, 6.45) is 1.28. The number of nitro groups is 1. The van der Waals surface area contributed by atoms with Crippen molar-refractivity contribution in [2.24, 2.45) is 0 Å². The van der Waals surface area contributed by atoms with E-state index >= 15 is 0 Å². The Kier molecular flexibility index (Phi) is 3.37. The molecule has 0 radical (unpaired) electrons. The van der Waals surface area contributed by atoms with Crippen LogP contribution in [-0.2, 0) is 6.54 Å². The van der Waals surface area contributed by atoms with E-state index in [4.69, 9.17) is 0 Å². The van der Waals surface area contributed by atoms with Crippen LogP contribution in [0.1, 0.15) is 16.2 Å². The lowest BCUT2D eigenvalue weighted by atomic mass is 10.1. The van der Waals surface area contributed by atoms with Crippen LogP contribution in [0.25, 0.3) is 0 Å². The zero-order valence-corrected chi connectivity index (χ0v) is 9.53. The third-order valence-corrected chi connectivity index (χ3v) is 2.30. The summed E-state index contributed by atoms with van der Waals surface area (Å²) in [4.78, 5) is 25.7. The number of aromatic amines is 1. The number of hydrogen-bond acceptors (Lipinski definition) is 6. The van der Waals surface area contributed by atoms with Gasteiger partial charge in [0, 0.05) is 6.07 Å². The summed E-state index contributed by atoms with van der Waals surface area (Å²) in [5.74, 6) is -0.495. The van der Waals surface area contributed by atoms with Gasteiger partial charge in [0.05, 0.1) is 11.5 Å². The Bertz CT molecular complexity index is 610. The van der Waals surface area contributed by atoms with E-state index in [-0.39, 0.29) is 23.5 Å². The second-order valence-electron chi connectivity index (χ2n) is 3.57. The van der Waals surface area contributed by atoms with Crippen LogP contribution >= 0.6 is 0 Å². The molecule has 3 N–H and O–H groups in total. The minimum absolute atomic E-state index is 0.0473. The van der Waals surface area contributed by atoms with Gasteiger partial charge in [0.2, 0.25) is 0 Å². The molecule has 0 aliphatic rings. The van der Waals surface area contributed by atoms with Crippen molar-refractivity contribution in [3.8, 4) is 5.75 Å². The third-order valence-electron chi connectivity index (χ3n) is 2.30. The molecule has 98 valence electrons. The first-order valence-corrected chi connectivity index (χ1v) is 5.18. The van der Waals surface area contributed by atoms with E-state index in [2.05, 4.69) is 20.5 Å². The van der Waals surface area contributed by atoms with Crippen molar-refractivity contribution in [1.29, 1.82) is 0 Å². The first-order valence-electron chi connectivity index (χ1n) is 5.18. The lowest BCUT2D eigenvalue weighted by Crippen LogP contribution is -2.24. The van der Waals surface area contributed by atoms with Crippen molar-refractivity contribution in [2.45, 2.75) is 6.54 Å². The van der Waals surface area contributed by atoms with Gasteiger partial charge in [-0.1, -0.05) is 0 Å². The second kappa shape index (κ2) is 5.12. The maximum Gasteiger partial charge on any atom is 0.282 e. The number of aromatic hydroxyl groups is 1. The molecule has 0 saturated carbocycles. The third kappa shape index (κ3) is 2.83. The van der Waals surface area contributed by atoms with E-state index in [1.165, 1.54) is 6.33 Å². The van der Waals surface area contributed by atoms with Crippen LogP contribution in [0.15, 0.2) is 24.5 Å². The normalized spacial score (nSPS) is 10.1. The SMILES string of the molecule is O=C(NCc1ncn[nH]1)c1cc(O)ccc1[N+](=O)[O-]. The van der Waals surface area contributed by atoms with Crippen molar-refractivity contribution in [2.75, 3.05) is 0 Å². The number of aromatic nitrogens is 3. The molecule has 9 heteroatoms. The number of nitro benzene ring substituents is 1. The molecule has 0 unspecified atom stereocenters. The maximum absolute atomic E-state index is 11.8. The summed E-state index contributed by atoms with van der Waals surface area (Å²) >= 11 is 0. The standard InChI is InChI=1S/C10H9N5O4/c16-6-1-2-8(15(18)19)7(3-6)10(17)11-4-9-12-5-13-14-9/h1-3,5,16H,4H2,(H,11,17)(H,12,13,14). The fraction of sp³-hybridized carbons (Fsp3) is 0.100. The molecule has 1 aromatic heterocycles. The van der Waals surface area contributed by atoms with Crippen LogP contribution in [0.4, 0.5) is 5.69 Å². The molecule has 0 aliphatic heterocycles. The highest BCUT2D eigenvalue weighted by Crippen LogP contribution is 2.23. The Hall–Kier alpha value is -2.97. The Balaban J connectivity index is 2.18. The summed E-state index contributed by atoms with van der Waals surface area (Å²) in [6, 6.07) is 3.25. The largest absolute Gasteiger partial charge is 0.508 e. The van der Waals surface area contributed by atoms with Crippen LogP contribution in [0, 0.1) is 10.1 Å². The quantitative estimate of drug-likeness (QED) is 0.538. The zero-order chi connectivity index (χ0) is 13.8. The van der Waals surface area contributed by atoms with Crippen molar-refractivity contribution >= 4 is 11.6 Å². The summed E-state index contributed by atoms with van der Waals surface area (Å²) in [7, 11) is 0. The smallest absolute Gasteiger partial charge is 0.282 e. The molecule has 0 fully saturated rings. The van der Waals surface area contributed by atoms with Crippen LogP contribution in [0.2, 0.25) is 0 Å². The van der Waals surface area contributed by atoms with Crippen molar-refractivity contribution in [3.05, 3.63) is 46.0 Å². The van der Waals surface area contributed by atoms with Gasteiger partial charge in [0.15, 0.2) is 0 Å². The number of H-pyrrole nitrogens is 1. The van der Waals surface area contributed by atoms with Gasteiger partial charge < -0.3 is 10.4 Å². The lowest BCUT2D eigenvalue weighted by Gasteiger charge is -2.04.